The van der Waals surface area contributed by atoms with Crippen molar-refractivity contribution in [1.82, 2.24) is 0 Å². The average molecular weight is 429 g/mol. The van der Waals surface area contributed by atoms with Crippen molar-refractivity contribution < 1.29 is 19.8 Å². The Balaban J connectivity index is 0.000000135. The van der Waals surface area contributed by atoms with Crippen LogP contribution in [-0.4, -0.2) is 21.8 Å². The van der Waals surface area contributed by atoms with Gasteiger partial charge in [0.15, 0.2) is 11.6 Å². The highest BCUT2D eigenvalue weighted by Crippen LogP contribution is 2.42. The van der Waals surface area contributed by atoms with Crippen LogP contribution >= 0.6 is 0 Å². The van der Waals surface area contributed by atoms with Crippen LogP contribution in [-0.2, 0) is 12.8 Å². The summed E-state index contributed by atoms with van der Waals surface area (Å²) in [5, 5.41) is 21.9. The van der Waals surface area contributed by atoms with Crippen molar-refractivity contribution in [1.29, 1.82) is 0 Å². The van der Waals surface area contributed by atoms with Gasteiger partial charge in [0.25, 0.3) is 0 Å². The maximum absolute atomic E-state index is 12.2. The normalized spacial score (nSPS) is 21.8. The number of benzene rings is 3. The summed E-state index contributed by atoms with van der Waals surface area (Å²) in [5.74, 6) is 1.05. The number of phenolic OH excluding ortho intramolecular Hbond substituents is 2. The molecule has 3 aromatic rings. The van der Waals surface area contributed by atoms with Crippen LogP contribution in [0.2, 0.25) is 0 Å². The minimum absolute atomic E-state index is 0.0313. The molecule has 3 aliphatic rings. The fraction of sp³-hybridized carbons (Fsp3) is 0.357. The molecule has 0 aromatic heterocycles. The number of hydrogen-bond acceptors (Lipinski definition) is 4. The quantitative estimate of drug-likeness (QED) is 0.431. The summed E-state index contributed by atoms with van der Waals surface area (Å²) in [6, 6.07) is 14.8. The standard InChI is InChI=1S/2C14H14O2/c2*15-13-9-5-1-2-6-10(9)14(16)12-8-4-3-7-11(12)13/h1-2,5-6,15-16H,3-4,7-8H2;1-2,5-6,11-12H,3-4,7-8H2. The van der Waals surface area contributed by atoms with Gasteiger partial charge < -0.3 is 10.2 Å². The molecule has 1 fully saturated rings. The molecule has 1 saturated carbocycles. The SMILES string of the molecule is O=C1c2ccccc2C(=O)C2CCCCC12.Oc1c2c(c(O)c3ccccc13)CCCC2. The van der Waals surface area contributed by atoms with E-state index in [0.717, 1.165) is 73.3 Å². The molecule has 164 valence electrons. The molecule has 2 unspecified atom stereocenters. The molecule has 6 rings (SSSR count). The summed E-state index contributed by atoms with van der Waals surface area (Å²) in [6.07, 6.45) is 7.90. The van der Waals surface area contributed by atoms with Gasteiger partial charge >= 0.3 is 0 Å². The fourth-order valence-corrected chi connectivity index (χ4v) is 5.72. The molecule has 2 atom stereocenters. The number of carbonyl (C=O) groups excluding carboxylic acids is 2. The third-order valence-electron chi connectivity index (χ3n) is 7.37. The van der Waals surface area contributed by atoms with Gasteiger partial charge in [0.05, 0.1) is 0 Å². The molecule has 0 spiro atoms. The summed E-state index contributed by atoms with van der Waals surface area (Å²) >= 11 is 0. The second-order valence-corrected chi connectivity index (χ2v) is 9.18. The molecule has 3 aromatic carbocycles. The zero-order valence-electron chi connectivity index (χ0n) is 18.1. The van der Waals surface area contributed by atoms with Crippen LogP contribution in [0, 0.1) is 11.8 Å². The molecule has 0 saturated heterocycles. The number of aromatic hydroxyl groups is 2. The molecule has 4 nitrogen and oxygen atoms in total. The molecule has 0 aliphatic heterocycles. The minimum Gasteiger partial charge on any atom is -0.507 e. The summed E-state index contributed by atoms with van der Waals surface area (Å²) in [5.41, 5.74) is 3.19. The van der Waals surface area contributed by atoms with E-state index in [1.54, 1.807) is 12.1 Å². The first-order valence-electron chi connectivity index (χ1n) is 11.7. The largest absolute Gasteiger partial charge is 0.507 e. The van der Waals surface area contributed by atoms with E-state index in [1.165, 1.54) is 0 Å². The lowest BCUT2D eigenvalue weighted by Crippen LogP contribution is -2.38. The molecular formula is C28H28O4. The van der Waals surface area contributed by atoms with E-state index in [4.69, 9.17) is 0 Å². The molecule has 2 N–H and O–H groups in total. The summed E-state index contributed by atoms with van der Waals surface area (Å²) in [6.45, 7) is 0. The molecule has 0 radical (unpaired) electrons. The molecule has 0 amide bonds. The number of carbonyl (C=O) groups is 2. The Morgan fingerprint density at radius 1 is 0.594 bits per heavy atom. The smallest absolute Gasteiger partial charge is 0.167 e. The number of hydrogen-bond donors (Lipinski definition) is 2. The van der Waals surface area contributed by atoms with Crippen LogP contribution in [0.3, 0.4) is 0 Å². The predicted molar refractivity (Wildman–Crippen MR) is 124 cm³/mol. The van der Waals surface area contributed by atoms with Crippen molar-refractivity contribution in [3.8, 4) is 11.5 Å². The number of rotatable bonds is 0. The first-order chi connectivity index (χ1) is 15.6. The van der Waals surface area contributed by atoms with Crippen molar-refractivity contribution in [2.75, 3.05) is 0 Å². The van der Waals surface area contributed by atoms with Crippen LogP contribution in [0.5, 0.6) is 11.5 Å². The van der Waals surface area contributed by atoms with Crippen LogP contribution in [0.1, 0.15) is 70.4 Å². The molecule has 3 aliphatic carbocycles. The van der Waals surface area contributed by atoms with E-state index >= 15 is 0 Å². The van der Waals surface area contributed by atoms with E-state index in [-0.39, 0.29) is 23.4 Å². The van der Waals surface area contributed by atoms with Gasteiger partial charge in [-0.05, 0) is 38.5 Å². The number of Topliss-reactive ketones (excluding diaryl/α,β-unsaturated/α-hetero) is 2. The summed E-state index contributed by atoms with van der Waals surface area (Å²) < 4.78 is 0. The lowest BCUT2D eigenvalue weighted by Gasteiger charge is -2.33. The molecular weight excluding hydrogens is 400 g/mol. The lowest BCUT2D eigenvalue weighted by molar-refractivity contribution is 0.0677. The second-order valence-electron chi connectivity index (χ2n) is 9.18. The Morgan fingerprint density at radius 3 is 1.44 bits per heavy atom. The Kier molecular flexibility index (Phi) is 5.46. The van der Waals surface area contributed by atoms with Crippen molar-refractivity contribution >= 4 is 22.3 Å². The topological polar surface area (TPSA) is 74.6 Å². The third-order valence-corrected chi connectivity index (χ3v) is 7.37. The van der Waals surface area contributed by atoms with E-state index < -0.39 is 0 Å². The number of ketones is 2. The van der Waals surface area contributed by atoms with E-state index in [0.29, 0.717) is 22.6 Å². The van der Waals surface area contributed by atoms with Gasteiger partial charge in [-0.15, -0.1) is 0 Å². The van der Waals surface area contributed by atoms with Gasteiger partial charge in [-0.2, -0.15) is 0 Å². The van der Waals surface area contributed by atoms with Crippen LogP contribution < -0.4 is 0 Å². The van der Waals surface area contributed by atoms with Gasteiger partial charge in [0, 0.05) is 44.9 Å². The number of phenols is 2. The third kappa shape index (κ3) is 3.38. The Hall–Kier alpha value is -3.14. The van der Waals surface area contributed by atoms with Crippen LogP contribution in [0.4, 0.5) is 0 Å². The molecule has 4 heteroatoms. The first kappa shape index (κ1) is 20.7. The van der Waals surface area contributed by atoms with Crippen LogP contribution in [0.15, 0.2) is 48.5 Å². The van der Waals surface area contributed by atoms with Crippen molar-refractivity contribution in [2.24, 2.45) is 11.8 Å². The highest BCUT2D eigenvalue weighted by molar-refractivity contribution is 6.16. The van der Waals surface area contributed by atoms with Gasteiger partial charge in [0.2, 0.25) is 0 Å². The Labute approximate surface area is 187 Å². The highest BCUT2D eigenvalue weighted by atomic mass is 16.3. The molecule has 0 heterocycles. The Bertz CT molecular complexity index is 1120. The van der Waals surface area contributed by atoms with Crippen molar-refractivity contribution in [3.05, 3.63) is 70.8 Å². The number of fused-ring (bicyclic) bond motifs is 4. The second kappa shape index (κ2) is 8.42. The predicted octanol–water partition coefficient (Wildman–Crippen LogP) is 6.00. The van der Waals surface area contributed by atoms with Gasteiger partial charge in [-0.1, -0.05) is 61.4 Å². The van der Waals surface area contributed by atoms with E-state index in [1.807, 2.05) is 36.4 Å². The first-order valence-corrected chi connectivity index (χ1v) is 11.7. The average Bonchev–Trinajstić information content (AvgIpc) is 2.86. The van der Waals surface area contributed by atoms with Gasteiger partial charge in [0.1, 0.15) is 11.5 Å². The van der Waals surface area contributed by atoms with E-state index in [2.05, 4.69) is 0 Å². The summed E-state index contributed by atoms with van der Waals surface area (Å²) in [4.78, 5) is 24.5. The van der Waals surface area contributed by atoms with Crippen molar-refractivity contribution in [2.45, 2.75) is 51.4 Å². The van der Waals surface area contributed by atoms with Crippen LogP contribution in [0.25, 0.3) is 10.8 Å². The maximum atomic E-state index is 12.2. The molecule has 32 heavy (non-hydrogen) atoms. The van der Waals surface area contributed by atoms with E-state index in [9.17, 15) is 19.8 Å². The van der Waals surface area contributed by atoms with Crippen molar-refractivity contribution in [3.63, 3.8) is 0 Å². The zero-order valence-corrected chi connectivity index (χ0v) is 18.1. The summed E-state index contributed by atoms with van der Waals surface area (Å²) in [7, 11) is 0. The minimum atomic E-state index is -0.0313. The monoisotopic (exact) mass is 428 g/mol. The van der Waals surface area contributed by atoms with Gasteiger partial charge in [-0.25, -0.2) is 0 Å². The highest BCUT2D eigenvalue weighted by Gasteiger charge is 2.41. The van der Waals surface area contributed by atoms with Gasteiger partial charge in [-0.3, -0.25) is 9.59 Å². The molecule has 0 bridgehead atoms. The lowest BCUT2D eigenvalue weighted by atomic mass is 9.67. The maximum Gasteiger partial charge on any atom is 0.167 e. The fourth-order valence-electron chi connectivity index (χ4n) is 5.72. The Morgan fingerprint density at radius 2 is 1.00 bits per heavy atom. The zero-order chi connectivity index (χ0) is 22.2.